The van der Waals surface area contributed by atoms with Crippen molar-refractivity contribution in [2.24, 2.45) is 0 Å². The number of fused-ring (bicyclic) bond motifs is 6. The second kappa shape index (κ2) is 6.78. The molecule has 4 heteroatoms. The van der Waals surface area contributed by atoms with Crippen LogP contribution in [0.25, 0.3) is 50.0 Å². The van der Waals surface area contributed by atoms with Crippen molar-refractivity contribution in [3.05, 3.63) is 102 Å². The first-order valence-electron chi connectivity index (χ1n) is 9.80. The van der Waals surface area contributed by atoms with Gasteiger partial charge in [-0.3, -0.25) is 4.40 Å². The van der Waals surface area contributed by atoms with Crippen LogP contribution in [0.5, 0.6) is 0 Å². The molecule has 6 rings (SSSR count). The van der Waals surface area contributed by atoms with E-state index in [1.54, 1.807) is 0 Å². The van der Waals surface area contributed by atoms with E-state index in [2.05, 4.69) is 93.1 Å². The Morgan fingerprint density at radius 1 is 0.633 bits per heavy atom. The number of hydrogen-bond acceptors (Lipinski definition) is 2. The smallest absolute Gasteiger partial charge is 0.147 e. The molecule has 0 aliphatic carbocycles. The van der Waals surface area contributed by atoms with E-state index in [1.165, 1.54) is 0 Å². The van der Waals surface area contributed by atoms with E-state index >= 15 is 0 Å². The third-order valence-corrected chi connectivity index (χ3v) is 5.98. The molecule has 3 heterocycles. The van der Waals surface area contributed by atoms with Crippen molar-refractivity contribution in [3.8, 4) is 22.5 Å². The summed E-state index contributed by atoms with van der Waals surface area (Å²) in [6, 6.07) is 31.3. The van der Waals surface area contributed by atoms with E-state index in [0.717, 1.165) is 54.4 Å². The molecule has 3 aromatic carbocycles. The molecular formula is C26H16BrN3. The molecule has 142 valence electrons. The monoisotopic (exact) mass is 449 g/mol. The van der Waals surface area contributed by atoms with Crippen LogP contribution >= 0.6 is 15.9 Å². The quantitative estimate of drug-likeness (QED) is 0.263. The second-order valence-electron chi connectivity index (χ2n) is 7.26. The highest BCUT2D eigenvalue weighted by Crippen LogP contribution is 2.38. The van der Waals surface area contributed by atoms with Gasteiger partial charge in [0.2, 0.25) is 0 Å². The molecule has 0 bridgehead atoms. The van der Waals surface area contributed by atoms with Crippen molar-refractivity contribution < 1.29 is 0 Å². The molecule has 0 N–H and O–H groups in total. The second-order valence-corrected chi connectivity index (χ2v) is 8.18. The van der Waals surface area contributed by atoms with Gasteiger partial charge in [0.1, 0.15) is 11.3 Å². The largest absolute Gasteiger partial charge is 0.275 e. The number of imidazole rings is 1. The molecule has 0 radical (unpaired) electrons. The zero-order chi connectivity index (χ0) is 20.1. The number of benzene rings is 3. The summed E-state index contributed by atoms with van der Waals surface area (Å²) < 4.78 is 3.24. The minimum absolute atomic E-state index is 0.912. The normalized spacial score (nSPS) is 11.5. The Labute approximate surface area is 181 Å². The zero-order valence-corrected chi connectivity index (χ0v) is 17.5. The highest BCUT2D eigenvalue weighted by Gasteiger charge is 2.21. The van der Waals surface area contributed by atoms with Crippen LogP contribution in [0, 0.1) is 0 Å². The fourth-order valence-corrected chi connectivity index (χ4v) is 4.55. The van der Waals surface area contributed by atoms with Crippen LogP contribution in [0.15, 0.2) is 102 Å². The Balaban J connectivity index is 1.90. The molecule has 3 nitrogen and oxygen atoms in total. The van der Waals surface area contributed by atoms with Gasteiger partial charge in [0, 0.05) is 32.6 Å². The summed E-state index contributed by atoms with van der Waals surface area (Å²) in [6.07, 6.45) is 1.85. The van der Waals surface area contributed by atoms with Crippen molar-refractivity contribution in [1.82, 2.24) is 14.4 Å². The average molecular weight is 450 g/mol. The third-order valence-electron chi connectivity index (χ3n) is 5.48. The first-order valence-corrected chi connectivity index (χ1v) is 10.6. The minimum Gasteiger partial charge on any atom is -0.275 e. The summed E-state index contributed by atoms with van der Waals surface area (Å²) in [7, 11) is 0. The van der Waals surface area contributed by atoms with Crippen LogP contribution < -0.4 is 0 Å². The van der Waals surface area contributed by atoms with Gasteiger partial charge in [-0.25, -0.2) is 9.97 Å². The first-order chi connectivity index (χ1) is 14.8. The summed E-state index contributed by atoms with van der Waals surface area (Å²) in [5.41, 5.74) is 6.05. The van der Waals surface area contributed by atoms with Crippen LogP contribution in [0.2, 0.25) is 0 Å². The molecule has 3 aromatic heterocycles. The molecule has 6 aromatic rings. The van der Waals surface area contributed by atoms with Gasteiger partial charge in [0.15, 0.2) is 0 Å². The Morgan fingerprint density at radius 2 is 1.37 bits per heavy atom. The molecule has 0 spiro atoms. The topological polar surface area (TPSA) is 30.2 Å². The lowest BCUT2D eigenvalue weighted by molar-refractivity contribution is 1.20. The summed E-state index contributed by atoms with van der Waals surface area (Å²) in [4.78, 5) is 9.97. The maximum atomic E-state index is 5.18. The summed E-state index contributed by atoms with van der Waals surface area (Å²) in [5.74, 6) is 0. The van der Waals surface area contributed by atoms with Gasteiger partial charge in [-0.15, -0.1) is 0 Å². The molecule has 0 amide bonds. The number of rotatable bonds is 2. The lowest BCUT2D eigenvalue weighted by atomic mass is 10.0. The van der Waals surface area contributed by atoms with E-state index in [4.69, 9.17) is 9.97 Å². The molecular weight excluding hydrogens is 434 g/mol. The van der Waals surface area contributed by atoms with Crippen LogP contribution in [0.1, 0.15) is 0 Å². The zero-order valence-electron chi connectivity index (χ0n) is 16.0. The molecule has 0 fully saturated rings. The molecule has 30 heavy (non-hydrogen) atoms. The predicted molar refractivity (Wildman–Crippen MR) is 127 cm³/mol. The standard InChI is InChI=1S/C26H16BrN3/c27-19-13-14-20-21-12-7-15-28-25(21)30-24(18-10-5-2-6-11-18)23(17-8-3-1-4-9-17)29-26(30)22(20)16-19/h1-16H. The Kier molecular flexibility index (Phi) is 3.93. The van der Waals surface area contributed by atoms with E-state index in [0.29, 0.717) is 0 Å². The van der Waals surface area contributed by atoms with E-state index in [1.807, 2.05) is 24.4 Å². The summed E-state index contributed by atoms with van der Waals surface area (Å²) >= 11 is 3.64. The fourth-order valence-electron chi connectivity index (χ4n) is 4.19. The average Bonchev–Trinajstić information content (AvgIpc) is 3.21. The molecule has 0 saturated carbocycles. The number of aromatic nitrogens is 3. The number of pyridine rings is 2. The van der Waals surface area contributed by atoms with Gasteiger partial charge >= 0.3 is 0 Å². The van der Waals surface area contributed by atoms with Gasteiger partial charge in [-0.2, -0.15) is 0 Å². The fraction of sp³-hybridized carbons (Fsp3) is 0. The Bertz CT molecular complexity index is 1540. The number of hydrogen-bond donors (Lipinski definition) is 0. The van der Waals surface area contributed by atoms with Crippen molar-refractivity contribution in [1.29, 1.82) is 0 Å². The lowest BCUT2D eigenvalue weighted by Gasteiger charge is -2.11. The van der Waals surface area contributed by atoms with Gasteiger partial charge < -0.3 is 0 Å². The van der Waals surface area contributed by atoms with Gasteiger partial charge in [0.25, 0.3) is 0 Å². The Hall–Kier alpha value is -3.50. The van der Waals surface area contributed by atoms with Gasteiger partial charge in [0.05, 0.1) is 11.4 Å². The number of halogens is 1. The van der Waals surface area contributed by atoms with Gasteiger partial charge in [-0.1, -0.05) is 82.7 Å². The summed E-state index contributed by atoms with van der Waals surface area (Å²) in [6.45, 7) is 0. The van der Waals surface area contributed by atoms with E-state index in [-0.39, 0.29) is 0 Å². The van der Waals surface area contributed by atoms with Gasteiger partial charge in [-0.05, 0) is 29.7 Å². The Morgan fingerprint density at radius 3 is 2.13 bits per heavy atom. The predicted octanol–water partition coefficient (Wildman–Crippen LogP) is 7.13. The first kappa shape index (κ1) is 17.4. The molecule has 0 saturated heterocycles. The van der Waals surface area contributed by atoms with E-state index < -0.39 is 0 Å². The van der Waals surface area contributed by atoms with Crippen molar-refractivity contribution in [3.63, 3.8) is 0 Å². The third kappa shape index (κ3) is 2.57. The number of nitrogens with zero attached hydrogens (tertiary/aromatic N) is 3. The van der Waals surface area contributed by atoms with Crippen LogP contribution in [0.4, 0.5) is 0 Å². The van der Waals surface area contributed by atoms with Crippen molar-refractivity contribution >= 4 is 43.4 Å². The highest BCUT2D eigenvalue weighted by molar-refractivity contribution is 9.10. The highest BCUT2D eigenvalue weighted by atomic mass is 79.9. The minimum atomic E-state index is 0.912. The molecule has 0 unspecified atom stereocenters. The maximum absolute atomic E-state index is 5.18. The molecule has 0 aliphatic heterocycles. The van der Waals surface area contributed by atoms with Crippen molar-refractivity contribution in [2.75, 3.05) is 0 Å². The summed E-state index contributed by atoms with van der Waals surface area (Å²) in [5, 5.41) is 3.36. The SMILES string of the molecule is Brc1ccc2c3cccnc3n3c(-c4ccccc4)c(-c4ccccc4)nc3c2c1. The maximum Gasteiger partial charge on any atom is 0.147 e. The molecule has 0 aliphatic rings. The lowest BCUT2D eigenvalue weighted by Crippen LogP contribution is -1.96. The van der Waals surface area contributed by atoms with E-state index in [9.17, 15) is 0 Å². The van der Waals surface area contributed by atoms with Crippen LogP contribution in [-0.4, -0.2) is 14.4 Å². The van der Waals surface area contributed by atoms with Crippen molar-refractivity contribution in [2.45, 2.75) is 0 Å². The van der Waals surface area contributed by atoms with Crippen LogP contribution in [-0.2, 0) is 0 Å². The van der Waals surface area contributed by atoms with Crippen LogP contribution in [0.3, 0.4) is 0 Å². The molecule has 0 atom stereocenters.